The zero-order valence-electron chi connectivity index (χ0n) is 37.6. The van der Waals surface area contributed by atoms with Crippen LogP contribution in [0.25, 0.3) is 0 Å². The van der Waals surface area contributed by atoms with Crippen LogP contribution in [-0.4, -0.2) is 110 Å². The van der Waals surface area contributed by atoms with E-state index in [0.717, 1.165) is 11.1 Å². The number of likely N-dealkylation sites (N-methyl/N-ethyl adjacent to an activating group) is 1. The highest BCUT2D eigenvalue weighted by Crippen LogP contribution is 2.49. The molecule has 0 radical (unpaired) electrons. The Bertz CT molecular complexity index is 1870. The Morgan fingerprint density at radius 2 is 1.78 bits per heavy atom. The predicted octanol–water partition coefficient (Wildman–Crippen LogP) is 6.72. The number of Topliss-reactive ketones (excluding diaryl/α,β-unsaturated/α-hetero) is 1. The minimum Gasteiger partial charge on any atom is -0.495 e. The predicted molar refractivity (Wildman–Crippen MR) is 228 cm³/mol. The molecule has 10 atom stereocenters. The van der Waals surface area contributed by atoms with Crippen LogP contribution in [0.5, 0.6) is 5.75 Å². The number of epoxide rings is 1. The number of carbonyl (C=O) groups excluding carboxylic acids is 5. The number of esters is 1. The molecular weight excluding hydrogens is 794 g/mol. The Balaban J connectivity index is 1.75. The molecule has 3 unspecified atom stereocenters. The van der Waals surface area contributed by atoms with E-state index in [-0.39, 0.29) is 29.6 Å². The van der Waals surface area contributed by atoms with Gasteiger partial charge in [0.25, 0.3) is 0 Å². The first-order valence-corrected chi connectivity index (χ1v) is 21.2. The number of nitrogens with one attached hydrogen (secondary N) is 1. The van der Waals surface area contributed by atoms with E-state index in [1.54, 1.807) is 52.1 Å². The van der Waals surface area contributed by atoms with Crippen molar-refractivity contribution in [2.75, 3.05) is 33.2 Å². The fourth-order valence-corrected chi connectivity index (χ4v) is 8.98. The van der Waals surface area contributed by atoms with Crippen molar-refractivity contribution in [1.82, 2.24) is 10.2 Å². The van der Waals surface area contributed by atoms with Crippen molar-refractivity contribution >= 4 is 46.9 Å². The zero-order chi connectivity index (χ0) is 45.1. The first kappa shape index (κ1) is 48.7. The molecule has 2 N–H and O–H groups in total. The van der Waals surface area contributed by atoms with Crippen molar-refractivity contribution in [3.05, 3.63) is 46.5 Å². The maximum atomic E-state index is 14.3. The Kier molecular flexibility index (Phi) is 15.4. The van der Waals surface area contributed by atoms with Gasteiger partial charge in [-0.05, 0) is 64.2 Å². The summed E-state index contributed by atoms with van der Waals surface area (Å²) in [7, 11) is 6.02. The number of halogens is 1. The van der Waals surface area contributed by atoms with E-state index in [1.165, 1.54) is 31.1 Å². The van der Waals surface area contributed by atoms with E-state index < -0.39 is 76.5 Å². The van der Waals surface area contributed by atoms with Crippen LogP contribution in [-0.2, 0) is 44.5 Å². The second-order valence-corrected chi connectivity index (χ2v) is 18.0. The molecule has 4 bridgehead atoms. The molecule has 3 amide bonds. The summed E-state index contributed by atoms with van der Waals surface area (Å²) >= 11 is 6.81. The number of fused-ring (bicyclic) bond motifs is 5. The second kappa shape index (κ2) is 19.0. The van der Waals surface area contributed by atoms with Crippen molar-refractivity contribution in [2.45, 2.75) is 149 Å². The fraction of sp³-hybridized carbons (Fsp3) is 0.667. The number of amides is 3. The number of anilines is 1. The molecule has 60 heavy (non-hydrogen) atoms. The molecule has 15 heteroatoms. The van der Waals surface area contributed by atoms with Crippen molar-refractivity contribution in [3.8, 4) is 5.75 Å². The largest absolute Gasteiger partial charge is 0.495 e. The van der Waals surface area contributed by atoms with Crippen molar-refractivity contribution in [2.24, 2.45) is 16.7 Å². The lowest BCUT2D eigenvalue weighted by molar-refractivity contribution is -0.165. The number of ketones is 1. The summed E-state index contributed by atoms with van der Waals surface area (Å²) in [6.45, 7) is 16.3. The van der Waals surface area contributed by atoms with Gasteiger partial charge in [0, 0.05) is 50.8 Å². The second-order valence-electron chi connectivity index (χ2n) is 17.6. The van der Waals surface area contributed by atoms with Gasteiger partial charge in [0.05, 0.1) is 25.3 Å². The van der Waals surface area contributed by atoms with Gasteiger partial charge in [-0.1, -0.05) is 76.9 Å². The van der Waals surface area contributed by atoms with Crippen LogP contribution in [0.3, 0.4) is 0 Å². The zero-order valence-corrected chi connectivity index (χ0v) is 38.4. The average Bonchev–Trinajstić information content (AvgIpc) is 3.91. The van der Waals surface area contributed by atoms with Gasteiger partial charge in [0.15, 0.2) is 5.72 Å². The molecule has 334 valence electrons. The molecule has 0 aromatic heterocycles. The molecule has 3 aliphatic heterocycles. The number of allylic oxidation sites excluding steroid dienone is 3. The van der Waals surface area contributed by atoms with E-state index in [4.69, 9.17) is 35.3 Å². The van der Waals surface area contributed by atoms with Gasteiger partial charge in [0.2, 0.25) is 11.8 Å². The third-order valence-corrected chi connectivity index (χ3v) is 13.7. The molecule has 3 heterocycles. The third kappa shape index (κ3) is 10.0. The van der Waals surface area contributed by atoms with E-state index in [2.05, 4.69) is 5.32 Å². The van der Waals surface area contributed by atoms with Gasteiger partial charge in [-0.2, -0.15) is 0 Å². The number of benzene rings is 1. The Morgan fingerprint density at radius 1 is 1.13 bits per heavy atom. The SMILES string of the molecule is CCC(=O)C(C)(CC)CC(C)(CC)C(=O)N(C)[C@@H](C)C(=O)O[C@H]1CC(=O)N(C)c2cc(cc(OC)c2Cl)C/C(C)=C/C=C/[C@@H](OC)[C@@]2(O)CC(OC(=O)N2)[C@@H](C)[C@@H]2O[C@@]12C. The highest BCUT2D eigenvalue weighted by atomic mass is 35.5. The molecule has 1 aromatic carbocycles. The quantitative estimate of drug-likeness (QED) is 0.169. The van der Waals surface area contributed by atoms with Gasteiger partial charge in [0.1, 0.15) is 46.5 Å². The molecule has 4 rings (SSSR count). The summed E-state index contributed by atoms with van der Waals surface area (Å²) in [6, 6.07) is 2.49. The first-order valence-electron chi connectivity index (χ1n) is 20.9. The van der Waals surface area contributed by atoms with E-state index >= 15 is 0 Å². The van der Waals surface area contributed by atoms with Gasteiger partial charge in [-0.3, -0.25) is 19.7 Å². The molecule has 2 fully saturated rings. The van der Waals surface area contributed by atoms with Gasteiger partial charge >= 0.3 is 12.1 Å². The van der Waals surface area contributed by atoms with Crippen molar-refractivity contribution in [3.63, 3.8) is 0 Å². The number of ether oxygens (including phenoxy) is 5. The number of aliphatic hydroxyl groups is 1. The van der Waals surface area contributed by atoms with Gasteiger partial charge < -0.3 is 38.6 Å². The lowest BCUT2D eigenvalue weighted by Crippen LogP contribution is -2.63. The van der Waals surface area contributed by atoms with Crippen molar-refractivity contribution in [1.29, 1.82) is 0 Å². The summed E-state index contributed by atoms with van der Waals surface area (Å²) < 4.78 is 29.5. The molecule has 14 nitrogen and oxygen atoms in total. The molecular formula is C45H66ClN3O11. The standard InChI is InChI=1S/C45H66ClN3O11/c1-14-33(50)42(7,15-2)25-43(8,16-3)40(53)48(10)28(6)39(52)59-35-23-36(51)49(11)30-21-29(22-31(56-12)37(30)46)20-26(4)18-17-19-34(57-13)45(55)24-32(58-41(54)47-45)27(5)38-44(35,9)60-38/h17-19,21-22,27-28,32,34-35,38,55H,14-16,20,23-25H2,1-13H3,(H,47,54)/b19-17+,26-18+/t27-,28+,32?,34-,35+,38+,42?,43?,44+,45+/m1/s1. The minimum atomic E-state index is -1.85. The van der Waals surface area contributed by atoms with Crippen LogP contribution in [0.2, 0.25) is 5.02 Å². The molecule has 0 spiro atoms. The Morgan fingerprint density at radius 3 is 2.37 bits per heavy atom. The number of rotatable bonds is 12. The molecule has 0 aliphatic carbocycles. The van der Waals surface area contributed by atoms with Crippen LogP contribution in [0.4, 0.5) is 10.5 Å². The van der Waals surface area contributed by atoms with Gasteiger partial charge in [-0.25, -0.2) is 9.59 Å². The lowest BCUT2D eigenvalue weighted by Gasteiger charge is -2.42. The van der Waals surface area contributed by atoms with Crippen LogP contribution in [0, 0.1) is 16.7 Å². The summed E-state index contributed by atoms with van der Waals surface area (Å²) in [6.07, 6.45) is 2.35. The lowest BCUT2D eigenvalue weighted by atomic mass is 9.67. The summed E-state index contributed by atoms with van der Waals surface area (Å²) in [5.41, 5.74) is -2.72. The molecule has 3 aliphatic rings. The number of nitrogens with zero attached hydrogens (tertiary/aromatic N) is 2. The molecule has 2 saturated heterocycles. The van der Waals surface area contributed by atoms with E-state index in [0.29, 0.717) is 43.5 Å². The summed E-state index contributed by atoms with van der Waals surface area (Å²) in [5, 5.41) is 14.6. The number of hydrogen-bond acceptors (Lipinski definition) is 11. The minimum absolute atomic E-state index is 0.0707. The Labute approximate surface area is 360 Å². The van der Waals surface area contributed by atoms with Gasteiger partial charge in [-0.15, -0.1) is 0 Å². The first-order chi connectivity index (χ1) is 28.0. The normalized spacial score (nSPS) is 31.1. The monoisotopic (exact) mass is 859 g/mol. The number of alkyl carbamates (subject to hydrolysis) is 1. The molecule has 1 aromatic rings. The summed E-state index contributed by atoms with van der Waals surface area (Å²) in [4.78, 5) is 71.5. The molecule has 0 saturated carbocycles. The van der Waals surface area contributed by atoms with E-state index in [9.17, 15) is 29.1 Å². The fourth-order valence-electron chi connectivity index (χ4n) is 8.66. The van der Waals surface area contributed by atoms with Crippen LogP contribution >= 0.6 is 11.6 Å². The topological polar surface area (TPSA) is 174 Å². The van der Waals surface area contributed by atoms with Crippen LogP contribution in [0.1, 0.15) is 106 Å². The Hall–Kier alpha value is -3.98. The number of hydrogen-bond donors (Lipinski definition) is 2. The smallest absolute Gasteiger partial charge is 0.409 e. The van der Waals surface area contributed by atoms with Crippen molar-refractivity contribution < 1.29 is 52.8 Å². The highest BCUT2D eigenvalue weighted by Gasteiger charge is 2.64. The van der Waals surface area contributed by atoms with Crippen LogP contribution in [0.15, 0.2) is 35.9 Å². The number of carbonyl (C=O) groups is 5. The van der Waals surface area contributed by atoms with Crippen LogP contribution < -0.4 is 15.0 Å². The number of methoxy groups -OCH3 is 2. The van der Waals surface area contributed by atoms with E-state index in [1.807, 2.05) is 47.6 Å². The third-order valence-electron chi connectivity index (χ3n) is 13.3. The highest BCUT2D eigenvalue weighted by molar-refractivity contribution is 6.35. The maximum Gasteiger partial charge on any atom is 0.409 e. The summed E-state index contributed by atoms with van der Waals surface area (Å²) in [5.74, 6) is -1.67. The average molecular weight is 860 g/mol. The maximum absolute atomic E-state index is 14.3.